The van der Waals surface area contributed by atoms with Gasteiger partial charge in [-0.15, -0.1) is 0 Å². The van der Waals surface area contributed by atoms with Gasteiger partial charge in [0.25, 0.3) is 11.8 Å². The summed E-state index contributed by atoms with van der Waals surface area (Å²) in [6, 6.07) is -2.68. The van der Waals surface area contributed by atoms with Gasteiger partial charge in [-0.3, -0.25) is 19.2 Å². The van der Waals surface area contributed by atoms with Crippen molar-refractivity contribution in [3.63, 3.8) is 0 Å². The van der Waals surface area contributed by atoms with E-state index in [1.54, 1.807) is 27.7 Å². The Balaban J connectivity index is 4.69. The van der Waals surface area contributed by atoms with Crippen molar-refractivity contribution >= 4 is 56.9 Å². The van der Waals surface area contributed by atoms with E-state index in [2.05, 4.69) is 10.6 Å². The van der Waals surface area contributed by atoms with Crippen LogP contribution >= 0.6 is 21.6 Å². The summed E-state index contributed by atoms with van der Waals surface area (Å²) in [6.07, 6.45) is 0.882. The Morgan fingerprint density at radius 3 is 1.23 bits per heavy atom. The lowest BCUT2D eigenvalue weighted by atomic mass is 10.0. The Morgan fingerprint density at radius 1 is 0.700 bits per heavy atom. The molecule has 30 heavy (non-hydrogen) atoms. The summed E-state index contributed by atoms with van der Waals surface area (Å²) < 4.78 is 0. The molecule has 0 saturated heterocycles. The summed E-state index contributed by atoms with van der Waals surface area (Å²) in [6.45, 7) is 6.58. The number of ketones is 2. The molecule has 4 atom stereocenters. The third kappa shape index (κ3) is 9.61. The molecule has 0 radical (unpaired) electrons. The smallest absolute Gasteiger partial charge is 0.327 e. The largest absolute Gasteiger partial charge is 0.480 e. The Kier molecular flexibility index (Phi) is 13.0. The number of nitrogens with one attached hydrogen (secondary N) is 2. The average Bonchev–Trinajstić information content (AvgIpc) is 2.71. The van der Waals surface area contributed by atoms with Crippen molar-refractivity contribution in [2.24, 2.45) is 11.8 Å². The predicted octanol–water partition coefficient (Wildman–Crippen LogP) is 0.737. The van der Waals surface area contributed by atoms with Gasteiger partial charge in [-0.1, -0.05) is 49.3 Å². The van der Waals surface area contributed by atoms with Crippen LogP contribution in [0.25, 0.3) is 0 Å². The number of hydrogen-bond acceptors (Lipinski definition) is 8. The maximum absolute atomic E-state index is 11.9. The molecule has 0 bridgehead atoms. The molecule has 0 aromatic heterocycles. The minimum absolute atomic E-state index is 0.133. The van der Waals surface area contributed by atoms with E-state index < -0.39 is 59.2 Å². The fourth-order valence-electron chi connectivity index (χ4n) is 1.86. The second-order valence-electron chi connectivity index (χ2n) is 6.64. The van der Waals surface area contributed by atoms with Gasteiger partial charge < -0.3 is 20.8 Å². The summed E-state index contributed by atoms with van der Waals surface area (Å²) >= 11 is 0. The van der Waals surface area contributed by atoms with Crippen molar-refractivity contribution in [3.05, 3.63) is 0 Å². The second kappa shape index (κ2) is 14.0. The Bertz CT molecular complexity index is 615. The summed E-state index contributed by atoms with van der Waals surface area (Å²) in [5.41, 5.74) is 0. The fraction of sp³-hybridized carbons (Fsp3) is 0.667. The van der Waals surface area contributed by atoms with Crippen molar-refractivity contribution in [3.8, 4) is 0 Å². The van der Waals surface area contributed by atoms with Crippen LogP contribution < -0.4 is 10.6 Å². The third-order valence-electron chi connectivity index (χ3n) is 4.33. The second-order valence-corrected chi connectivity index (χ2v) is 9.20. The van der Waals surface area contributed by atoms with Crippen molar-refractivity contribution in [1.29, 1.82) is 0 Å². The number of carboxylic acids is 2. The maximum atomic E-state index is 11.9. The number of aliphatic carboxylic acids is 2. The highest BCUT2D eigenvalue weighted by Crippen LogP contribution is 2.23. The molecule has 0 saturated carbocycles. The first kappa shape index (κ1) is 27.9. The molecular weight excluding hydrogens is 436 g/mol. The normalized spacial score (nSPS) is 14.7. The van der Waals surface area contributed by atoms with Crippen LogP contribution in [-0.4, -0.2) is 69.1 Å². The van der Waals surface area contributed by atoms with Gasteiger partial charge in [-0.2, -0.15) is 0 Å². The molecule has 0 aliphatic heterocycles. The number of hydrogen-bond donors (Lipinski definition) is 4. The maximum Gasteiger partial charge on any atom is 0.327 e. The molecular formula is C18H28N2O8S2. The van der Waals surface area contributed by atoms with Crippen LogP contribution in [-0.2, 0) is 28.8 Å². The summed E-state index contributed by atoms with van der Waals surface area (Å²) in [5, 5.41) is 22.7. The van der Waals surface area contributed by atoms with Crippen LogP contribution in [0.3, 0.4) is 0 Å². The molecule has 2 amide bonds. The van der Waals surface area contributed by atoms with Gasteiger partial charge in [0, 0.05) is 23.3 Å². The van der Waals surface area contributed by atoms with Crippen molar-refractivity contribution < 1.29 is 39.0 Å². The molecule has 0 fully saturated rings. The molecule has 0 spiro atoms. The third-order valence-corrected chi connectivity index (χ3v) is 6.75. The summed E-state index contributed by atoms with van der Waals surface area (Å²) in [4.78, 5) is 69.9. The van der Waals surface area contributed by atoms with Gasteiger partial charge in [-0.25, -0.2) is 9.59 Å². The molecule has 0 rings (SSSR count). The van der Waals surface area contributed by atoms with Gasteiger partial charge in [-0.05, 0) is 12.8 Å². The van der Waals surface area contributed by atoms with Gasteiger partial charge in [0.15, 0.2) is 0 Å². The molecule has 4 unspecified atom stereocenters. The number of rotatable bonds is 15. The van der Waals surface area contributed by atoms with Crippen LogP contribution in [0.15, 0.2) is 0 Å². The molecule has 0 aromatic carbocycles. The van der Waals surface area contributed by atoms with Crippen molar-refractivity contribution in [2.75, 3.05) is 11.5 Å². The van der Waals surface area contributed by atoms with Crippen LogP contribution in [0.5, 0.6) is 0 Å². The van der Waals surface area contributed by atoms with E-state index in [9.17, 15) is 39.0 Å². The zero-order valence-electron chi connectivity index (χ0n) is 17.3. The first-order valence-electron chi connectivity index (χ1n) is 9.35. The van der Waals surface area contributed by atoms with E-state index in [0.717, 1.165) is 21.6 Å². The lowest BCUT2D eigenvalue weighted by Gasteiger charge is -2.17. The zero-order chi connectivity index (χ0) is 23.4. The van der Waals surface area contributed by atoms with Gasteiger partial charge in [0.05, 0.1) is 0 Å². The van der Waals surface area contributed by atoms with E-state index in [1.807, 2.05) is 0 Å². The van der Waals surface area contributed by atoms with Crippen molar-refractivity contribution in [1.82, 2.24) is 10.6 Å². The van der Waals surface area contributed by atoms with Gasteiger partial charge >= 0.3 is 11.9 Å². The van der Waals surface area contributed by atoms with Crippen LogP contribution in [0.2, 0.25) is 0 Å². The Morgan fingerprint density at radius 2 is 1.00 bits per heavy atom. The number of carbonyl (C=O) groups is 6. The van der Waals surface area contributed by atoms with Gasteiger partial charge in [0.1, 0.15) is 12.1 Å². The molecule has 10 nitrogen and oxygen atoms in total. The molecule has 0 aromatic rings. The number of Topliss-reactive ketones (excluding diaryl/α,β-unsaturated/α-hetero) is 2. The Labute approximate surface area is 182 Å². The van der Waals surface area contributed by atoms with Gasteiger partial charge in [0.2, 0.25) is 11.6 Å². The topological polar surface area (TPSA) is 167 Å². The predicted molar refractivity (Wildman–Crippen MR) is 113 cm³/mol. The fourth-order valence-corrected chi connectivity index (χ4v) is 4.17. The van der Waals surface area contributed by atoms with E-state index >= 15 is 0 Å². The molecule has 0 heterocycles. The summed E-state index contributed by atoms with van der Waals surface area (Å²) in [5.74, 6) is -7.38. The van der Waals surface area contributed by atoms with E-state index in [0.29, 0.717) is 12.8 Å². The zero-order valence-corrected chi connectivity index (χ0v) is 18.9. The van der Waals surface area contributed by atoms with Crippen molar-refractivity contribution in [2.45, 2.75) is 52.6 Å². The quantitative estimate of drug-likeness (QED) is 0.154. The highest BCUT2D eigenvalue weighted by Gasteiger charge is 2.28. The lowest BCUT2D eigenvalue weighted by molar-refractivity contribution is -0.145. The van der Waals surface area contributed by atoms with Crippen LogP contribution in [0.1, 0.15) is 40.5 Å². The minimum atomic E-state index is -1.34. The Hall–Kier alpha value is -2.08. The van der Waals surface area contributed by atoms with E-state index in [-0.39, 0.29) is 11.5 Å². The first-order chi connectivity index (χ1) is 14.0. The molecule has 170 valence electrons. The molecule has 0 aliphatic rings. The number of amides is 2. The highest BCUT2D eigenvalue weighted by atomic mass is 33.1. The van der Waals surface area contributed by atoms with Crippen LogP contribution in [0, 0.1) is 11.8 Å². The summed E-state index contributed by atoms with van der Waals surface area (Å²) in [7, 11) is 1.92. The monoisotopic (exact) mass is 464 g/mol. The molecule has 4 N–H and O–H groups in total. The standard InChI is InChI=1S/C18H28N2O8S2/c1-5-9(3)13(21)15(23)19-11(17(25)26)7-29-30-8-12(18(27)28)20-16(24)14(22)10(4)6-2/h9-12H,5-8H2,1-4H3,(H,19,23)(H,20,24)(H,25,26)(H,27,28). The molecule has 12 heteroatoms. The highest BCUT2D eigenvalue weighted by molar-refractivity contribution is 8.76. The van der Waals surface area contributed by atoms with E-state index in [4.69, 9.17) is 0 Å². The number of carboxylic acid groups (broad SMARTS) is 2. The minimum Gasteiger partial charge on any atom is -0.480 e. The average molecular weight is 465 g/mol. The number of carbonyl (C=O) groups excluding carboxylic acids is 4. The lowest BCUT2D eigenvalue weighted by Crippen LogP contribution is -2.47. The van der Waals surface area contributed by atoms with Crippen LogP contribution in [0.4, 0.5) is 0 Å². The SMILES string of the molecule is CCC(C)C(=O)C(=O)NC(CSSCC(NC(=O)C(=O)C(C)CC)C(=O)O)C(=O)O. The molecule has 0 aliphatic carbocycles. The first-order valence-corrected chi connectivity index (χ1v) is 11.8. The van der Waals surface area contributed by atoms with E-state index in [1.165, 1.54) is 0 Å².